The number of hydrogen-bond acceptors (Lipinski definition) is 6. The number of carbonyl (C=O) groups excluding carboxylic acids is 1. The second-order valence-electron chi connectivity index (χ2n) is 9.84. The summed E-state index contributed by atoms with van der Waals surface area (Å²) < 4.78 is 8.52. The maximum atomic E-state index is 14.2. The van der Waals surface area contributed by atoms with Crippen molar-refractivity contribution in [3.05, 3.63) is 142 Å². The Hall–Kier alpha value is -6.39. The fourth-order valence-electron chi connectivity index (χ4n) is 4.96. The molecule has 0 saturated heterocycles. The number of benzene rings is 2. The van der Waals surface area contributed by atoms with Gasteiger partial charge in [0.2, 0.25) is 0 Å². The highest BCUT2D eigenvalue weighted by molar-refractivity contribution is 5.92. The average molecular weight is 580 g/mol. The van der Waals surface area contributed by atoms with Gasteiger partial charge in [-0.05, 0) is 54.8 Å². The van der Waals surface area contributed by atoms with Crippen LogP contribution in [-0.4, -0.2) is 31.6 Å². The molecule has 44 heavy (non-hydrogen) atoms. The van der Waals surface area contributed by atoms with Gasteiger partial charge in [0.25, 0.3) is 11.5 Å². The summed E-state index contributed by atoms with van der Waals surface area (Å²) in [6, 6.07) is 21.2. The highest BCUT2D eigenvalue weighted by atomic mass is 16.4. The Morgan fingerprint density at radius 3 is 2.77 bits per heavy atom. The van der Waals surface area contributed by atoms with Crippen LogP contribution in [0.15, 0.2) is 107 Å². The third-order valence-corrected chi connectivity index (χ3v) is 7.01. The van der Waals surface area contributed by atoms with Gasteiger partial charge in [-0.3, -0.25) is 14.2 Å². The van der Waals surface area contributed by atoms with E-state index in [1.165, 1.54) is 12.1 Å². The van der Waals surface area contributed by atoms with E-state index in [4.69, 9.17) is 11.0 Å². The molecule has 2 aromatic carbocycles. The van der Waals surface area contributed by atoms with Crippen molar-refractivity contribution in [2.24, 2.45) is 0 Å². The minimum atomic E-state index is -0.480. The third kappa shape index (κ3) is 5.31. The lowest BCUT2D eigenvalue weighted by molar-refractivity contribution is 0.0932. The number of amides is 1. The van der Waals surface area contributed by atoms with Crippen LogP contribution < -0.4 is 16.2 Å². The predicted octanol–water partition coefficient (Wildman–Crippen LogP) is 5.28. The zero-order valence-corrected chi connectivity index (χ0v) is 23.6. The van der Waals surface area contributed by atoms with E-state index in [1.807, 2.05) is 61.7 Å². The highest BCUT2D eigenvalue weighted by Crippen LogP contribution is 2.25. The summed E-state index contributed by atoms with van der Waals surface area (Å²) >= 11 is 0. The molecular weight excluding hydrogens is 554 g/mol. The number of aromatic nitrogens is 4. The van der Waals surface area contributed by atoms with Crippen molar-refractivity contribution < 1.29 is 9.21 Å². The van der Waals surface area contributed by atoms with Crippen LogP contribution in [0.25, 0.3) is 32.6 Å². The monoisotopic (exact) mass is 579 g/mol. The van der Waals surface area contributed by atoms with Gasteiger partial charge in [0.1, 0.15) is 0 Å². The van der Waals surface area contributed by atoms with Gasteiger partial charge >= 0.3 is 5.88 Å². The van der Waals surface area contributed by atoms with Gasteiger partial charge in [-0.2, -0.15) is 9.94 Å². The summed E-state index contributed by atoms with van der Waals surface area (Å²) in [6.45, 7) is 13.2. The second kappa shape index (κ2) is 11.8. The van der Waals surface area contributed by atoms with E-state index < -0.39 is 5.91 Å². The molecule has 6 rings (SSSR count). The summed E-state index contributed by atoms with van der Waals surface area (Å²) in [5, 5.41) is 11.6. The van der Waals surface area contributed by atoms with Crippen LogP contribution in [0.1, 0.15) is 40.3 Å². The number of nitrogens with one attached hydrogen (secondary N) is 2. The van der Waals surface area contributed by atoms with E-state index in [9.17, 15) is 9.59 Å². The molecule has 0 saturated carbocycles. The zero-order valence-electron chi connectivity index (χ0n) is 23.6. The molecule has 0 radical (unpaired) electrons. The van der Waals surface area contributed by atoms with Gasteiger partial charge in [0.15, 0.2) is 11.4 Å². The maximum Gasteiger partial charge on any atom is 0.346 e. The Kier molecular flexibility index (Phi) is 7.47. The summed E-state index contributed by atoms with van der Waals surface area (Å²) in [5.41, 5.74) is 3.81. The Balaban J connectivity index is 1.34. The molecule has 0 aliphatic carbocycles. The first-order valence-corrected chi connectivity index (χ1v) is 13.7. The minimum Gasteiger partial charge on any atom is -0.475 e. The van der Waals surface area contributed by atoms with Crippen molar-refractivity contribution in [2.75, 3.05) is 6.54 Å². The van der Waals surface area contributed by atoms with E-state index in [0.717, 1.165) is 16.6 Å². The van der Waals surface area contributed by atoms with Crippen molar-refractivity contribution in [1.29, 1.82) is 0 Å². The Bertz CT molecular complexity index is 2210. The lowest BCUT2D eigenvalue weighted by Crippen LogP contribution is -2.28. The summed E-state index contributed by atoms with van der Waals surface area (Å²) in [7, 11) is 0. The first kappa shape index (κ1) is 27.8. The number of nitrogens with zero attached hydrogens (tertiary/aromatic N) is 5. The molecule has 0 aliphatic rings. The van der Waals surface area contributed by atoms with E-state index in [1.54, 1.807) is 33.6 Å². The summed E-state index contributed by atoms with van der Waals surface area (Å²) in [6.07, 6.45) is 5.23. The standard InChI is InChI=1S/C34H25N7O3/c1-22(27-21-38-40-19-9-18-36-32(27)40)39-23(2)28-20-25-11-7-10-24(31(25)34(43)41(28)26-13-5-4-6-14-26)12-8-17-37-33(42)29-15-16-30(35-3)44-29/h4-7,9-11,13-16,18-21,23,39H,1,17H2,2H3,(H,37,42)/t23-/m0/s1. The normalized spacial score (nSPS) is 11.4. The minimum absolute atomic E-state index is 0.0235. The van der Waals surface area contributed by atoms with Crippen LogP contribution in [0.2, 0.25) is 0 Å². The Morgan fingerprint density at radius 1 is 1.14 bits per heavy atom. The van der Waals surface area contributed by atoms with E-state index in [2.05, 4.69) is 44.0 Å². The lowest BCUT2D eigenvalue weighted by Gasteiger charge is -2.22. The molecule has 2 N–H and O–H groups in total. The van der Waals surface area contributed by atoms with Crippen molar-refractivity contribution in [3.63, 3.8) is 0 Å². The molecule has 0 aliphatic heterocycles. The van der Waals surface area contributed by atoms with Crippen LogP contribution in [0.3, 0.4) is 0 Å². The van der Waals surface area contributed by atoms with Crippen molar-refractivity contribution in [1.82, 2.24) is 29.8 Å². The topological polar surface area (TPSA) is 111 Å². The maximum absolute atomic E-state index is 14.2. The van der Waals surface area contributed by atoms with Gasteiger partial charge in [0.05, 0.1) is 36.3 Å². The first-order valence-electron chi connectivity index (χ1n) is 13.7. The Morgan fingerprint density at radius 2 is 1.98 bits per heavy atom. The smallest absolute Gasteiger partial charge is 0.346 e. The molecule has 0 unspecified atom stereocenters. The van der Waals surface area contributed by atoms with Gasteiger partial charge in [-0.25, -0.2) is 9.50 Å². The van der Waals surface area contributed by atoms with Crippen molar-refractivity contribution in [3.8, 4) is 17.5 Å². The molecule has 6 aromatic rings. The van der Waals surface area contributed by atoms with Crippen LogP contribution in [0, 0.1) is 18.4 Å². The highest BCUT2D eigenvalue weighted by Gasteiger charge is 2.19. The van der Waals surface area contributed by atoms with Crippen LogP contribution in [-0.2, 0) is 0 Å². The van der Waals surface area contributed by atoms with Gasteiger partial charge < -0.3 is 15.1 Å². The largest absolute Gasteiger partial charge is 0.475 e. The van der Waals surface area contributed by atoms with Crippen LogP contribution in [0.4, 0.5) is 5.88 Å². The summed E-state index contributed by atoms with van der Waals surface area (Å²) in [4.78, 5) is 34.1. The zero-order chi connectivity index (χ0) is 30.6. The Labute approximate surface area is 252 Å². The molecule has 214 valence electrons. The fourth-order valence-corrected chi connectivity index (χ4v) is 4.96. The molecular formula is C34H25N7O3. The van der Waals surface area contributed by atoms with E-state index in [0.29, 0.717) is 28.0 Å². The number of fused-ring (bicyclic) bond motifs is 2. The number of carbonyl (C=O) groups is 1. The summed E-state index contributed by atoms with van der Waals surface area (Å²) in [5.74, 6) is 5.56. The van der Waals surface area contributed by atoms with E-state index >= 15 is 0 Å². The second-order valence-corrected chi connectivity index (χ2v) is 9.84. The van der Waals surface area contributed by atoms with Crippen molar-refractivity contribution in [2.45, 2.75) is 13.0 Å². The van der Waals surface area contributed by atoms with Crippen LogP contribution in [0.5, 0.6) is 0 Å². The number of furan rings is 1. The molecule has 1 amide bonds. The van der Waals surface area contributed by atoms with E-state index in [-0.39, 0.29) is 29.8 Å². The average Bonchev–Trinajstić information content (AvgIpc) is 3.71. The number of pyridine rings is 1. The molecule has 4 heterocycles. The number of hydrogen-bond donors (Lipinski definition) is 2. The molecule has 0 fully saturated rings. The number of rotatable bonds is 7. The third-order valence-electron chi connectivity index (χ3n) is 7.01. The predicted molar refractivity (Wildman–Crippen MR) is 167 cm³/mol. The van der Waals surface area contributed by atoms with Gasteiger partial charge in [-0.15, -0.1) is 0 Å². The number of para-hydroxylation sites is 1. The molecule has 10 heteroatoms. The van der Waals surface area contributed by atoms with Crippen molar-refractivity contribution >= 4 is 33.9 Å². The fraction of sp³-hybridized carbons (Fsp3) is 0.0882. The molecule has 0 bridgehead atoms. The van der Waals surface area contributed by atoms with Gasteiger partial charge in [0, 0.05) is 35.0 Å². The van der Waals surface area contributed by atoms with Gasteiger partial charge in [-0.1, -0.05) is 48.8 Å². The van der Waals surface area contributed by atoms with Crippen LogP contribution >= 0.6 is 0 Å². The first-order chi connectivity index (χ1) is 21.4. The molecule has 4 aromatic heterocycles. The molecule has 1 atom stereocenters. The quantitative estimate of drug-likeness (QED) is 0.197. The molecule has 0 spiro atoms. The SMILES string of the molecule is [C-]#[N+]c1ccc(C(=O)NCC#Cc2cccc3cc([C@H](C)NC(=C)c4cnn5cccnc45)n(-c4ccccc4)c(=O)c23)o1. The molecule has 10 nitrogen and oxygen atoms in total. The lowest BCUT2D eigenvalue weighted by atomic mass is 10.0.